The maximum atomic E-state index is 2.21. The van der Waals surface area contributed by atoms with E-state index in [9.17, 15) is 0 Å². The predicted molar refractivity (Wildman–Crippen MR) is 49.8 cm³/mol. The molecule has 0 amide bonds. The van der Waals surface area contributed by atoms with Gasteiger partial charge in [-0.1, -0.05) is 27.7 Å². The summed E-state index contributed by atoms with van der Waals surface area (Å²) in [6.07, 6.45) is 0. The van der Waals surface area contributed by atoms with Crippen LogP contribution in [0.2, 0.25) is 0 Å². The Morgan fingerprint density at radius 1 is 1.30 bits per heavy atom. The molecule has 1 aromatic rings. The first-order valence-corrected chi connectivity index (χ1v) is 4.77. The van der Waals surface area contributed by atoms with Crippen LogP contribution in [0.1, 0.15) is 39.2 Å². The van der Waals surface area contributed by atoms with E-state index >= 15 is 0 Å². The summed E-state index contributed by atoms with van der Waals surface area (Å²) in [4.78, 5) is 0. The summed E-state index contributed by atoms with van der Waals surface area (Å²) in [5, 5.41) is 4.32. The van der Waals surface area contributed by atoms with Gasteiger partial charge in [0, 0.05) is 0 Å². The summed E-state index contributed by atoms with van der Waals surface area (Å²) in [5.74, 6) is 0.696. The zero-order chi connectivity index (χ0) is 7.98. The molecule has 1 aromatic heterocycles. The molecule has 0 saturated carbocycles. The molecule has 0 N–H and O–H groups in total. The minimum Gasteiger partial charge on any atom is -0.152 e. The van der Waals surface area contributed by atoms with Crippen LogP contribution in [-0.4, -0.2) is 0 Å². The van der Waals surface area contributed by atoms with E-state index in [0.717, 1.165) is 0 Å². The van der Waals surface area contributed by atoms with Crippen LogP contribution in [0.5, 0.6) is 0 Å². The molecule has 0 bridgehead atoms. The van der Waals surface area contributed by atoms with E-state index in [1.54, 1.807) is 11.3 Å². The number of hydrogen-bond acceptors (Lipinski definition) is 1. The highest BCUT2D eigenvalue weighted by Crippen LogP contribution is 2.16. The molecule has 0 aliphatic rings. The largest absolute Gasteiger partial charge is 0.152 e. The highest BCUT2D eigenvalue weighted by atomic mass is 32.1. The lowest BCUT2D eigenvalue weighted by atomic mass is 10.1. The Hall–Kier alpha value is -0.300. The lowest BCUT2D eigenvalue weighted by molar-refractivity contribution is 0.872. The first-order valence-electron chi connectivity index (χ1n) is 3.83. The Morgan fingerprint density at radius 2 is 1.90 bits per heavy atom. The molecule has 0 spiro atoms. The van der Waals surface area contributed by atoms with Crippen molar-refractivity contribution in [3.8, 4) is 0 Å². The molecule has 0 radical (unpaired) electrons. The van der Waals surface area contributed by atoms with Crippen LogP contribution in [0.4, 0.5) is 0 Å². The minimum absolute atomic E-state index is 0.696. The second kappa shape index (κ2) is 5.48. The molecular weight excluding hydrogens is 140 g/mol. The normalized spacial score (nSPS) is 8.90. The lowest BCUT2D eigenvalue weighted by Crippen LogP contribution is -1.79. The van der Waals surface area contributed by atoms with Gasteiger partial charge in [0.1, 0.15) is 0 Å². The minimum atomic E-state index is 0.696. The number of hydrogen-bond donors (Lipinski definition) is 0. The van der Waals surface area contributed by atoms with Crippen LogP contribution in [0, 0.1) is 0 Å². The van der Waals surface area contributed by atoms with Crippen molar-refractivity contribution in [2.75, 3.05) is 0 Å². The summed E-state index contributed by atoms with van der Waals surface area (Å²) >= 11 is 1.77. The maximum absolute atomic E-state index is 2.21. The second-order valence-corrected chi connectivity index (χ2v) is 2.99. The molecule has 0 aromatic carbocycles. The van der Waals surface area contributed by atoms with Gasteiger partial charge in [0.25, 0.3) is 0 Å². The van der Waals surface area contributed by atoms with E-state index in [4.69, 9.17) is 0 Å². The van der Waals surface area contributed by atoms with Crippen molar-refractivity contribution < 1.29 is 0 Å². The average molecular weight is 156 g/mol. The van der Waals surface area contributed by atoms with Gasteiger partial charge in [0.2, 0.25) is 0 Å². The fraction of sp³-hybridized carbons (Fsp3) is 0.556. The van der Waals surface area contributed by atoms with Crippen LogP contribution < -0.4 is 0 Å². The van der Waals surface area contributed by atoms with Crippen LogP contribution in [0.15, 0.2) is 16.8 Å². The molecule has 1 heteroatoms. The van der Waals surface area contributed by atoms with Crippen molar-refractivity contribution in [1.82, 2.24) is 0 Å². The van der Waals surface area contributed by atoms with Gasteiger partial charge in [-0.25, -0.2) is 0 Å². The molecule has 0 atom stereocenters. The molecule has 0 unspecified atom stereocenters. The molecule has 0 nitrogen and oxygen atoms in total. The Balaban J connectivity index is 0.000000371. The highest BCUT2D eigenvalue weighted by Gasteiger charge is 1.95. The van der Waals surface area contributed by atoms with Crippen LogP contribution in [-0.2, 0) is 0 Å². The van der Waals surface area contributed by atoms with E-state index in [2.05, 4.69) is 30.7 Å². The van der Waals surface area contributed by atoms with Crippen LogP contribution in [0.25, 0.3) is 0 Å². The van der Waals surface area contributed by atoms with Gasteiger partial charge in [-0.3, -0.25) is 0 Å². The van der Waals surface area contributed by atoms with Crippen molar-refractivity contribution in [3.63, 3.8) is 0 Å². The standard InChI is InChI=1S/C7H10S.C2H6/c1-6(2)7-3-4-8-5-7;1-2/h3-6H,1-2H3;1-2H3. The van der Waals surface area contributed by atoms with Gasteiger partial charge in [0.05, 0.1) is 0 Å². The topological polar surface area (TPSA) is 0 Å². The van der Waals surface area contributed by atoms with E-state index in [1.807, 2.05) is 13.8 Å². The third kappa shape index (κ3) is 3.02. The third-order valence-corrected chi connectivity index (χ3v) is 1.91. The third-order valence-electron chi connectivity index (χ3n) is 1.21. The summed E-state index contributed by atoms with van der Waals surface area (Å²) in [7, 11) is 0. The summed E-state index contributed by atoms with van der Waals surface area (Å²) in [5.41, 5.74) is 1.45. The molecule has 1 rings (SSSR count). The van der Waals surface area contributed by atoms with E-state index < -0.39 is 0 Å². The Bertz CT molecular complexity index is 140. The van der Waals surface area contributed by atoms with E-state index in [-0.39, 0.29) is 0 Å². The van der Waals surface area contributed by atoms with Crippen molar-refractivity contribution in [2.45, 2.75) is 33.6 Å². The predicted octanol–water partition coefficient (Wildman–Crippen LogP) is 3.90. The van der Waals surface area contributed by atoms with E-state index in [0.29, 0.717) is 5.92 Å². The zero-order valence-corrected chi connectivity index (χ0v) is 8.03. The monoisotopic (exact) mass is 156 g/mol. The molecule has 1 heterocycles. The second-order valence-electron chi connectivity index (χ2n) is 2.21. The molecular formula is C9H16S. The summed E-state index contributed by atoms with van der Waals surface area (Å²) in [6.45, 7) is 8.42. The first-order chi connectivity index (χ1) is 4.80. The molecule has 0 saturated heterocycles. The molecule has 10 heavy (non-hydrogen) atoms. The van der Waals surface area contributed by atoms with Crippen LogP contribution in [0.3, 0.4) is 0 Å². The van der Waals surface area contributed by atoms with Crippen molar-refractivity contribution in [1.29, 1.82) is 0 Å². The van der Waals surface area contributed by atoms with Crippen molar-refractivity contribution in [2.24, 2.45) is 0 Å². The first kappa shape index (κ1) is 9.70. The SMILES string of the molecule is CC.CC(C)c1ccsc1. The zero-order valence-electron chi connectivity index (χ0n) is 7.22. The molecule has 58 valence electrons. The molecule has 0 fully saturated rings. The van der Waals surface area contributed by atoms with Gasteiger partial charge in [-0.15, -0.1) is 0 Å². The number of thiophene rings is 1. The van der Waals surface area contributed by atoms with Crippen molar-refractivity contribution >= 4 is 11.3 Å². The Labute approximate surface area is 67.9 Å². The van der Waals surface area contributed by atoms with Gasteiger partial charge >= 0.3 is 0 Å². The molecule has 0 aliphatic carbocycles. The van der Waals surface area contributed by atoms with Gasteiger partial charge in [-0.05, 0) is 28.3 Å². The van der Waals surface area contributed by atoms with Crippen molar-refractivity contribution in [3.05, 3.63) is 22.4 Å². The quantitative estimate of drug-likeness (QED) is 0.578. The van der Waals surface area contributed by atoms with Crippen LogP contribution >= 0.6 is 11.3 Å². The average Bonchev–Trinajstić information content (AvgIpc) is 2.42. The van der Waals surface area contributed by atoms with Gasteiger partial charge in [-0.2, -0.15) is 11.3 Å². The van der Waals surface area contributed by atoms with E-state index in [1.165, 1.54) is 5.56 Å². The number of rotatable bonds is 1. The lowest BCUT2D eigenvalue weighted by Gasteiger charge is -1.96. The Kier molecular flexibility index (Phi) is 5.32. The smallest absolute Gasteiger partial charge is 0.00586 e. The maximum Gasteiger partial charge on any atom is -0.00586 e. The fourth-order valence-electron chi connectivity index (χ4n) is 0.604. The highest BCUT2D eigenvalue weighted by molar-refractivity contribution is 7.07. The summed E-state index contributed by atoms with van der Waals surface area (Å²) < 4.78 is 0. The molecule has 0 aliphatic heterocycles. The summed E-state index contributed by atoms with van der Waals surface area (Å²) in [6, 6.07) is 2.18. The fourth-order valence-corrected chi connectivity index (χ4v) is 1.43. The Morgan fingerprint density at radius 3 is 2.10 bits per heavy atom. The van der Waals surface area contributed by atoms with Gasteiger partial charge in [0.15, 0.2) is 0 Å². The van der Waals surface area contributed by atoms with Gasteiger partial charge < -0.3 is 0 Å².